The Morgan fingerprint density at radius 3 is 2.52 bits per heavy atom. The second-order valence-electron chi connectivity index (χ2n) is 5.62. The Balaban J connectivity index is 0.00000161. The lowest BCUT2D eigenvalue weighted by molar-refractivity contribution is 0.297. The normalized spacial score (nSPS) is 15.8. The van der Waals surface area contributed by atoms with Gasteiger partial charge in [-0.1, -0.05) is 28.1 Å². The van der Waals surface area contributed by atoms with Crippen molar-refractivity contribution in [2.75, 3.05) is 19.3 Å². The van der Waals surface area contributed by atoms with Crippen LogP contribution in [0, 0.1) is 0 Å². The fourth-order valence-corrected chi connectivity index (χ4v) is 3.76. The maximum atomic E-state index is 5.68. The highest BCUT2D eigenvalue weighted by Crippen LogP contribution is 2.48. The molecule has 2 N–H and O–H groups in total. The summed E-state index contributed by atoms with van der Waals surface area (Å²) >= 11 is 5.08. The second kappa shape index (κ2) is 6.65. The van der Waals surface area contributed by atoms with Gasteiger partial charge in [0.2, 0.25) is 0 Å². The smallest absolute Gasteiger partial charge is 0.180 e. The third kappa shape index (κ3) is 3.97. The van der Waals surface area contributed by atoms with Gasteiger partial charge in [0.05, 0.1) is 0 Å². The van der Waals surface area contributed by atoms with E-state index in [-0.39, 0.29) is 12.4 Å². The van der Waals surface area contributed by atoms with Crippen LogP contribution in [0.1, 0.15) is 23.3 Å². The van der Waals surface area contributed by atoms with Crippen molar-refractivity contribution in [1.29, 1.82) is 0 Å². The van der Waals surface area contributed by atoms with Gasteiger partial charge in [0, 0.05) is 34.1 Å². The third-order valence-electron chi connectivity index (χ3n) is 3.88. The van der Waals surface area contributed by atoms with E-state index >= 15 is 0 Å². The van der Waals surface area contributed by atoms with Gasteiger partial charge in [-0.3, -0.25) is 0 Å². The van der Waals surface area contributed by atoms with Gasteiger partial charge in [0.1, 0.15) is 0 Å². The zero-order valence-electron chi connectivity index (χ0n) is 11.9. The molecule has 1 aromatic heterocycles. The summed E-state index contributed by atoms with van der Waals surface area (Å²) in [5.74, 6) is 0. The van der Waals surface area contributed by atoms with Crippen LogP contribution < -0.4 is 5.73 Å². The first-order valence-electron chi connectivity index (χ1n) is 6.72. The van der Waals surface area contributed by atoms with E-state index < -0.39 is 0 Å². The van der Waals surface area contributed by atoms with Crippen molar-refractivity contribution in [3.63, 3.8) is 0 Å². The summed E-state index contributed by atoms with van der Waals surface area (Å²) in [5.41, 5.74) is 7.49. The average Bonchev–Trinajstić information content (AvgIpc) is 3.06. The summed E-state index contributed by atoms with van der Waals surface area (Å²) in [4.78, 5) is 7.72. The summed E-state index contributed by atoms with van der Waals surface area (Å²) in [7, 11) is 2.18. The Morgan fingerprint density at radius 1 is 1.33 bits per heavy atom. The number of hydrogen-bond acceptors (Lipinski definition) is 4. The van der Waals surface area contributed by atoms with Gasteiger partial charge in [-0.05, 0) is 37.6 Å². The summed E-state index contributed by atoms with van der Waals surface area (Å²) in [6.45, 7) is 2.01. The number of hydrogen-bond donors (Lipinski definition) is 1. The molecule has 0 unspecified atom stereocenters. The van der Waals surface area contributed by atoms with Crippen molar-refractivity contribution in [2.24, 2.45) is 0 Å². The van der Waals surface area contributed by atoms with E-state index in [0.29, 0.717) is 10.5 Å². The molecular formula is C15H19BrClN3S. The molecule has 1 aliphatic carbocycles. The maximum absolute atomic E-state index is 5.68. The SMILES string of the molecule is CN(Cc1cnc(N)s1)CC1(c2ccc(Br)cc2)CC1.Cl. The van der Waals surface area contributed by atoms with Gasteiger partial charge in [-0.15, -0.1) is 23.7 Å². The topological polar surface area (TPSA) is 42.2 Å². The number of aromatic nitrogens is 1. The summed E-state index contributed by atoms with van der Waals surface area (Å²) < 4.78 is 1.14. The van der Waals surface area contributed by atoms with Gasteiger partial charge in [-0.2, -0.15) is 0 Å². The molecule has 1 aliphatic rings. The fraction of sp³-hybridized carbons (Fsp3) is 0.400. The molecular weight excluding hydrogens is 370 g/mol. The lowest BCUT2D eigenvalue weighted by Gasteiger charge is -2.23. The molecule has 0 radical (unpaired) electrons. The molecule has 0 aliphatic heterocycles. The maximum Gasteiger partial charge on any atom is 0.180 e. The number of halogens is 2. The van der Waals surface area contributed by atoms with Crippen LogP contribution in [-0.4, -0.2) is 23.5 Å². The number of rotatable bonds is 5. The molecule has 1 aromatic carbocycles. The van der Waals surface area contributed by atoms with Crippen molar-refractivity contribution in [1.82, 2.24) is 9.88 Å². The highest BCUT2D eigenvalue weighted by molar-refractivity contribution is 9.10. The van der Waals surface area contributed by atoms with Crippen LogP contribution in [0.2, 0.25) is 0 Å². The van der Waals surface area contributed by atoms with Crippen LogP contribution in [0.15, 0.2) is 34.9 Å². The molecule has 2 aromatic rings. The van der Waals surface area contributed by atoms with Gasteiger partial charge >= 0.3 is 0 Å². The molecule has 1 heterocycles. The van der Waals surface area contributed by atoms with Crippen molar-refractivity contribution in [2.45, 2.75) is 24.8 Å². The molecule has 0 saturated heterocycles. The zero-order valence-corrected chi connectivity index (χ0v) is 15.1. The highest BCUT2D eigenvalue weighted by Gasteiger charge is 2.44. The van der Waals surface area contributed by atoms with Crippen LogP contribution in [0.25, 0.3) is 0 Å². The lowest BCUT2D eigenvalue weighted by atomic mass is 9.95. The van der Waals surface area contributed by atoms with Gasteiger partial charge in [0.15, 0.2) is 5.13 Å². The molecule has 3 nitrogen and oxygen atoms in total. The van der Waals surface area contributed by atoms with Crippen LogP contribution in [-0.2, 0) is 12.0 Å². The van der Waals surface area contributed by atoms with Crippen molar-refractivity contribution in [3.05, 3.63) is 45.4 Å². The largest absolute Gasteiger partial charge is 0.375 e. The van der Waals surface area contributed by atoms with E-state index in [1.807, 2.05) is 6.20 Å². The first-order valence-corrected chi connectivity index (χ1v) is 8.33. The molecule has 0 bridgehead atoms. The van der Waals surface area contributed by atoms with Crippen molar-refractivity contribution >= 4 is 44.8 Å². The standard InChI is InChI=1S/C15H18BrN3S.ClH/c1-19(9-13-8-18-14(17)20-13)10-15(6-7-15)11-2-4-12(16)5-3-11;/h2-5,8H,6-7,9-10H2,1H3,(H2,17,18);1H. The predicted molar refractivity (Wildman–Crippen MR) is 95.2 cm³/mol. The van der Waals surface area contributed by atoms with Crippen LogP contribution in [0.4, 0.5) is 5.13 Å². The Bertz CT molecular complexity index is 595. The zero-order chi connectivity index (χ0) is 14.2. The molecule has 0 amide bonds. The summed E-state index contributed by atoms with van der Waals surface area (Å²) in [5, 5.41) is 0.655. The number of likely N-dealkylation sites (N-methyl/N-ethyl adjacent to an activating group) is 1. The Hall–Kier alpha value is -0.620. The van der Waals surface area contributed by atoms with Crippen LogP contribution in [0.5, 0.6) is 0 Å². The predicted octanol–water partition coefficient (Wildman–Crippen LogP) is 4.07. The Kier molecular flexibility index (Phi) is 5.30. The van der Waals surface area contributed by atoms with E-state index in [1.54, 1.807) is 11.3 Å². The quantitative estimate of drug-likeness (QED) is 0.839. The molecule has 21 heavy (non-hydrogen) atoms. The van der Waals surface area contributed by atoms with Crippen molar-refractivity contribution in [3.8, 4) is 0 Å². The minimum Gasteiger partial charge on any atom is -0.375 e. The van der Waals surface area contributed by atoms with E-state index in [4.69, 9.17) is 5.73 Å². The van der Waals surface area contributed by atoms with Crippen LogP contribution in [0.3, 0.4) is 0 Å². The summed E-state index contributed by atoms with van der Waals surface area (Å²) in [6.07, 6.45) is 4.45. The number of benzene rings is 1. The molecule has 114 valence electrons. The lowest BCUT2D eigenvalue weighted by Crippen LogP contribution is -2.28. The minimum atomic E-state index is 0. The minimum absolute atomic E-state index is 0. The summed E-state index contributed by atoms with van der Waals surface area (Å²) in [6, 6.07) is 8.77. The Labute approximate surface area is 144 Å². The van der Waals surface area contributed by atoms with E-state index in [9.17, 15) is 0 Å². The van der Waals surface area contributed by atoms with E-state index in [1.165, 1.54) is 23.3 Å². The molecule has 0 atom stereocenters. The number of thiazole rings is 1. The van der Waals surface area contributed by atoms with E-state index in [0.717, 1.165) is 17.6 Å². The van der Waals surface area contributed by atoms with Gasteiger partial charge in [-0.25, -0.2) is 4.98 Å². The van der Waals surface area contributed by atoms with E-state index in [2.05, 4.69) is 57.1 Å². The molecule has 3 rings (SSSR count). The van der Waals surface area contributed by atoms with Crippen LogP contribution >= 0.6 is 39.7 Å². The monoisotopic (exact) mass is 387 g/mol. The molecule has 1 fully saturated rings. The first kappa shape index (κ1) is 16.7. The number of nitrogens with two attached hydrogens (primary N) is 1. The van der Waals surface area contributed by atoms with Gasteiger partial charge < -0.3 is 10.6 Å². The number of nitrogens with zero attached hydrogens (tertiary/aromatic N) is 2. The number of nitrogen functional groups attached to an aromatic ring is 1. The fourth-order valence-electron chi connectivity index (χ4n) is 2.73. The Morgan fingerprint density at radius 2 is 2.00 bits per heavy atom. The van der Waals surface area contributed by atoms with Gasteiger partial charge in [0.25, 0.3) is 0 Å². The molecule has 6 heteroatoms. The third-order valence-corrected chi connectivity index (χ3v) is 5.22. The first-order chi connectivity index (χ1) is 9.57. The highest BCUT2D eigenvalue weighted by atomic mass is 79.9. The molecule has 0 spiro atoms. The second-order valence-corrected chi connectivity index (χ2v) is 7.69. The molecule has 1 saturated carbocycles. The number of anilines is 1. The average molecular weight is 389 g/mol. The van der Waals surface area contributed by atoms with Crippen molar-refractivity contribution < 1.29 is 0 Å².